The number of non-ortho nitro benzene ring substituents is 1. The number of anilines is 1. The Morgan fingerprint density at radius 3 is 2.70 bits per heavy atom. The van der Waals surface area contributed by atoms with Gasteiger partial charge in [0.2, 0.25) is 0 Å². The van der Waals surface area contributed by atoms with Crippen LogP contribution in [0.15, 0.2) is 48.0 Å². The molecule has 1 N–H and O–H groups in total. The molecule has 0 aliphatic carbocycles. The maximum atomic E-state index is 12.4. The SMILES string of the molecule is CCOC(=O)COc1ccc(/C=C(\C#N)C(=O)Nc2cccc([N+](=O)[O-])c2)cc1I. The molecule has 0 aliphatic rings. The molecule has 2 rings (SSSR count). The maximum Gasteiger partial charge on any atom is 0.344 e. The number of nitro benzene ring substituents is 1. The van der Waals surface area contributed by atoms with Crippen molar-refractivity contribution in [1.82, 2.24) is 0 Å². The summed E-state index contributed by atoms with van der Waals surface area (Å²) in [6.45, 7) is 1.73. The molecule has 2 aromatic carbocycles. The van der Waals surface area contributed by atoms with Crippen LogP contribution in [0.1, 0.15) is 12.5 Å². The van der Waals surface area contributed by atoms with Gasteiger partial charge in [0.15, 0.2) is 6.61 Å². The van der Waals surface area contributed by atoms with Gasteiger partial charge in [0.25, 0.3) is 11.6 Å². The molecule has 0 heterocycles. The van der Waals surface area contributed by atoms with Gasteiger partial charge in [-0.3, -0.25) is 14.9 Å². The number of ether oxygens (including phenoxy) is 2. The number of nitrogens with zero attached hydrogens (tertiary/aromatic N) is 2. The molecule has 0 aliphatic heterocycles. The molecule has 0 spiro atoms. The minimum Gasteiger partial charge on any atom is -0.481 e. The molecule has 10 heteroatoms. The number of carbonyl (C=O) groups is 2. The van der Waals surface area contributed by atoms with Gasteiger partial charge in [-0.2, -0.15) is 5.26 Å². The minimum atomic E-state index is -0.698. The number of esters is 1. The number of nitro groups is 1. The summed E-state index contributed by atoms with van der Waals surface area (Å²) in [5, 5.41) is 22.6. The van der Waals surface area contributed by atoms with Gasteiger partial charge in [-0.05, 0) is 59.4 Å². The van der Waals surface area contributed by atoms with E-state index in [1.807, 2.05) is 28.7 Å². The molecule has 0 saturated carbocycles. The molecule has 0 bridgehead atoms. The Labute approximate surface area is 185 Å². The van der Waals surface area contributed by atoms with Crippen LogP contribution in [0.5, 0.6) is 5.75 Å². The van der Waals surface area contributed by atoms with Crippen molar-refractivity contribution in [3.8, 4) is 11.8 Å². The van der Waals surface area contributed by atoms with E-state index in [0.29, 0.717) is 14.9 Å². The van der Waals surface area contributed by atoms with Crippen LogP contribution in [0.4, 0.5) is 11.4 Å². The number of nitriles is 1. The summed E-state index contributed by atoms with van der Waals surface area (Å²) in [4.78, 5) is 34.0. The first-order chi connectivity index (χ1) is 14.3. The average molecular weight is 521 g/mol. The fourth-order valence-electron chi connectivity index (χ4n) is 2.27. The van der Waals surface area contributed by atoms with Gasteiger partial charge in [0, 0.05) is 17.8 Å². The zero-order valence-electron chi connectivity index (χ0n) is 15.8. The molecule has 0 aromatic heterocycles. The minimum absolute atomic E-state index is 0.178. The monoisotopic (exact) mass is 521 g/mol. The van der Waals surface area contributed by atoms with Gasteiger partial charge < -0.3 is 14.8 Å². The highest BCUT2D eigenvalue weighted by molar-refractivity contribution is 14.1. The number of hydrogen-bond acceptors (Lipinski definition) is 7. The van der Waals surface area contributed by atoms with E-state index in [1.165, 1.54) is 30.3 Å². The molecular weight excluding hydrogens is 505 g/mol. The first-order valence-electron chi connectivity index (χ1n) is 8.59. The Morgan fingerprint density at radius 2 is 2.07 bits per heavy atom. The van der Waals surface area contributed by atoms with Gasteiger partial charge in [-0.1, -0.05) is 12.1 Å². The quantitative estimate of drug-likeness (QED) is 0.140. The predicted octanol–water partition coefficient (Wildman–Crippen LogP) is 3.69. The zero-order valence-corrected chi connectivity index (χ0v) is 17.9. The van der Waals surface area contributed by atoms with Crippen LogP contribution < -0.4 is 10.1 Å². The fraction of sp³-hybridized carbons (Fsp3) is 0.150. The first kappa shape index (κ1) is 22.8. The lowest BCUT2D eigenvalue weighted by atomic mass is 10.1. The van der Waals surface area contributed by atoms with Crippen molar-refractivity contribution in [1.29, 1.82) is 5.26 Å². The van der Waals surface area contributed by atoms with Crippen LogP contribution >= 0.6 is 22.6 Å². The standard InChI is InChI=1S/C20H16IN3O6/c1-2-29-19(25)12-30-18-7-6-13(9-17(18)21)8-14(11-22)20(26)23-15-4-3-5-16(10-15)24(27)28/h3-10H,2,12H2,1H3,(H,23,26)/b14-8+. The summed E-state index contributed by atoms with van der Waals surface area (Å²) in [6.07, 6.45) is 1.38. The highest BCUT2D eigenvalue weighted by atomic mass is 127. The summed E-state index contributed by atoms with van der Waals surface area (Å²) in [6, 6.07) is 12.1. The Morgan fingerprint density at radius 1 is 1.30 bits per heavy atom. The number of rotatable bonds is 8. The molecule has 0 unspecified atom stereocenters. The van der Waals surface area contributed by atoms with E-state index >= 15 is 0 Å². The van der Waals surface area contributed by atoms with E-state index in [0.717, 1.165) is 0 Å². The van der Waals surface area contributed by atoms with Crippen LogP contribution in [-0.4, -0.2) is 30.0 Å². The lowest BCUT2D eigenvalue weighted by Gasteiger charge is -2.08. The van der Waals surface area contributed by atoms with E-state index in [1.54, 1.807) is 25.1 Å². The lowest BCUT2D eigenvalue weighted by molar-refractivity contribution is -0.384. The third kappa shape index (κ3) is 6.56. The van der Waals surface area contributed by atoms with E-state index in [9.17, 15) is 25.0 Å². The van der Waals surface area contributed by atoms with Gasteiger partial charge in [0.05, 0.1) is 15.1 Å². The second kappa shape index (κ2) is 10.9. The number of nitrogens with one attached hydrogen (secondary N) is 1. The van der Waals surface area contributed by atoms with Crippen molar-refractivity contribution < 1.29 is 24.0 Å². The second-order valence-electron chi connectivity index (χ2n) is 5.71. The van der Waals surface area contributed by atoms with Crippen LogP contribution in [0.2, 0.25) is 0 Å². The second-order valence-corrected chi connectivity index (χ2v) is 6.88. The topological polar surface area (TPSA) is 132 Å². The summed E-state index contributed by atoms with van der Waals surface area (Å²) in [5.41, 5.74) is 0.405. The van der Waals surface area contributed by atoms with Crippen molar-refractivity contribution in [3.63, 3.8) is 0 Å². The molecule has 154 valence electrons. The average Bonchev–Trinajstić information content (AvgIpc) is 2.71. The van der Waals surface area contributed by atoms with E-state index in [2.05, 4.69) is 5.32 Å². The number of amides is 1. The van der Waals surface area contributed by atoms with Crippen LogP contribution in [-0.2, 0) is 14.3 Å². The van der Waals surface area contributed by atoms with Crippen molar-refractivity contribution >= 4 is 51.9 Å². The van der Waals surface area contributed by atoms with Crippen molar-refractivity contribution in [2.75, 3.05) is 18.5 Å². The van der Waals surface area contributed by atoms with Crippen molar-refractivity contribution in [2.45, 2.75) is 6.92 Å². The van der Waals surface area contributed by atoms with Crippen molar-refractivity contribution in [3.05, 3.63) is 67.3 Å². The number of halogens is 1. The van der Waals surface area contributed by atoms with Gasteiger partial charge in [-0.25, -0.2) is 4.79 Å². The molecule has 2 aromatic rings. The molecular formula is C20H16IN3O6. The Balaban J connectivity index is 2.13. The maximum absolute atomic E-state index is 12.4. The highest BCUT2D eigenvalue weighted by Gasteiger charge is 2.13. The third-order valence-corrected chi connectivity index (χ3v) is 4.44. The van der Waals surface area contributed by atoms with Crippen LogP contribution in [0, 0.1) is 25.0 Å². The fourth-order valence-corrected chi connectivity index (χ4v) is 2.97. The predicted molar refractivity (Wildman–Crippen MR) is 117 cm³/mol. The first-order valence-corrected chi connectivity index (χ1v) is 9.67. The summed E-state index contributed by atoms with van der Waals surface area (Å²) in [5.74, 6) is -0.724. The largest absolute Gasteiger partial charge is 0.481 e. The molecule has 0 atom stereocenters. The summed E-state index contributed by atoms with van der Waals surface area (Å²) >= 11 is 2.00. The van der Waals surface area contributed by atoms with Crippen molar-refractivity contribution in [2.24, 2.45) is 0 Å². The number of carbonyl (C=O) groups excluding carboxylic acids is 2. The summed E-state index contributed by atoms with van der Waals surface area (Å²) in [7, 11) is 0. The normalized spacial score (nSPS) is 10.6. The molecule has 0 radical (unpaired) electrons. The van der Waals surface area contributed by atoms with Gasteiger partial charge in [0.1, 0.15) is 17.4 Å². The Hall–Kier alpha value is -3.46. The Bertz CT molecular complexity index is 1050. The molecule has 0 saturated heterocycles. The van der Waals surface area contributed by atoms with E-state index in [4.69, 9.17) is 9.47 Å². The lowest BCUT2D eigenvalue weighted by Crippen LogP contribution is -2.15. The summed E-state index contributed by atoms with van der Waals surface area (Å²) < 4.78 is 10.9. The molecule has 9 nitrogen and oxygen atoms in total. The van der Waals surface area contributed by atoms with Gasteiger partial charge >= 0.3 is 5.97 Å². The van der Waals surface area contributed by atoms with Gasteiger partial charge in [-0.15, -0.1) is 0 Å². The number of hydrogen-bond donors (Lipinski definition) is 1. The van der Waals surface area contributed by atoms with Crippen LogP contribution in [0.3, 0.4) is 0 Å². The van der Waals surface area contributed by atoms with E-state index in [-0.39, 0.29) is 30.2 Å². The smallest absolute Gasteiger partial charge is 0.344 e. The molecule has 1 amide bonds. The molecule has 30 heavy (non-hydrogen) atoms. The highest BCUT2D eigenvalue weighted by Crippen LogP contribution is 2.24. The Kier molecular flexibility index (Phi) is 8.30. The molecule has 0 fully saturated rings. The third-order valence-electron chi connectivity index (χ3n) is 3.60. The zero-order chi connectivity index (χ0) is 22.1. The number of benzene rings is 2. The van der Waals surface area contributed by atoms with Crippen LogP contribution in [0.25, 0.3) is 6.08 Å². The van der Waals surface area contributed by atoms with E-state index < -0.39 is 16.8 Å².